The van der Waals surface area contributed by atoms with Crippen LogP contribution in [0.2, 0.25) is 0 Å². The molecule has 3 unspecified atom stereocenters. The van der Waals surface area contributed by atoms with Crippen molar-refractivity contribution in [3.05, 3.63) is 46.4 Å². The number of fused-ring (bicyclic) bond motifs is 1. The molecule has 35 heavy (non-hydrogen) atoms. The van der Waals surface area contributed by atoms with Crippen LogP contribution in [0.3, 0.4) is 0 Å². The summed E-state index contributed by atoms with van der Waals surface area (Å²) >= 11 is 0. The van der Waals surface area contributed by atoms with Gasteiger partial charge >= 0.3 is 5.91 Å². The molecule has 1 aromatic carbocycles. The molecule has 0 aromatic heterocycles. The summed E-state index contributed by atoms with van der Waals surface area (Å²) in [7, 11) is 0. The molecule has 0 heterocycles. The Labute approximate surface area is 214 Å². The largest absolute Gasteiger partial charge is 0.379 e. The third-order valence-electron chi connectivity index (χ3n) is 8.15. The number of benzene rings is 1. The molecule has 3 heteroatoms. The van der Waals surface area contributed by atoms with Gasteiger partial charge in [0.2, 0.25) is 5.56 Å². The van der Waals surface area contributed by atoms with Gasteiger partial charge in [-0.3, -0.25) is 4.79 Å². The predicted octanol–water partition coefficient (Wildman–Crippen LogP) is 6.17. The zero-order chi connectivity index (χ0) is 25.0. The second-order valence-electron chi connectivity index (χ2n) is 10.9. The quantitative estimate of drug-likeness (QED) is 0.242. The Bertz CT molecular complexity index is 930. The Morgan fingerprint density at radius 2 is 1.97 bits per heavy atom. The van der Waals surface area contributed by atoms with Crippen LogP contribution in [-0.4, -0.2) is 25.7 Å². The highest BCUT2D eigenvalue weighted by Gasteiger charge is 2.24. The molecular formula is C32H48NO2+. The minimum absolute atomic E-state index is 0.0629. The average molecular weight is 479 g/mol. The van der Waals surface area contributed by atoms with Crippen molar-refractivity contribution in [2.75, 3.05) is 19.8 Å². The molecule has 0 spiro atoms. The molecule has 2 aliphatic rings. The molecule has 192 valence electrons. The monoisotopic (exact) mass is 478 g/mol. The molecule has 0 bridgehead atoms. The third-order valence-corrected chi connectivity index (χ3v) is 8.15. The van der Waals surface area contributed by atoms with Crippen molar-refractivity contribution in [2.45, 2.75) is 91.4 Å². The summed E-state index contributed by atoms with van der Waals surface area (Å²) in [6.07, 6.45) is 21.8. The number of carbonyl (C=O) groups excluding carboxylic acids is 1. The maximum Gasteiger partial charge on any atom is 0.309 e. The molecule has 1 amide bonds. The molecule has 1 N–H and O–H groups in total. The summed E-state index contributed by atoms with van der Waals surface area (Å²) in [6, 6.07) is 4.03. The maximum absolute atomic E-state index is 12.9. The first-order chi connectivity index (χ1) is 17.1. The Balaban J connectivity index is 1.64. The van der Waals surface area contributed by atoms with E-state index in [-0.39, 0.29) is 5.91 Å². The van der Waals surface area contributed by atoms with Crippen molar-refractivity contribution in [2.24, 2.45) is 23.7 Å². The van der Waals surface area contributed by atoms with E-state index in [0.717, 1.165) is 42.1 Å². The fourth-order valence-corrected chi connectivity index (χ4v) is 5.40. The maximum atomic E-state index is 12.9. The molecule has 1 saturated carbocycles. The predicted molar refractivity (Wildman–Crippen MR) is 148 cm³/mol. The van der Waals surface area contributed by atoms with Gasteiger partial charge in [0.15, 0.2) is 5.56 Å². The van der Waals surface area contributed by atoms with Crippen molar-refractivity contribution < 1.29 is 9.53 Å². The van der Waals surface area contributed by atoms with Crippen LogP contribution in [0.5, 0.6) is 0 Å². The van der Waals surface area contributed by atoms with Crippen molar-refractivity contribution in [1.29, 1.82) is 0 Å². The average Bonchev–Trinajstić information content (AvgIpc) is 3.69. The summed E-state index contributed by atoms with van der Waals surface area (Å²) in [5.41, 5.74) is 1.51. The minimum atomic E-state index is -0.0629. The Morgan fingerprint density at radius 3 is 2.69 bits per heavy atom. The second-order valence-corrected chi connectivity index (χ2v) is 10.9. The lowest BCUT2D eigenvalue weighted by atomic mass is 9.81. The summed E-state index contributed by atoms with van der Waals surface area (Å²) in [5.74, 6) is 2.92. The second kappa shape index (κ2) is 14.6. The third kappa shape index (κ3) is 8.58. The Morgan fingerprint density at radius 1 is 1.17 bits per heavy atom. The van der Waals surface area contributed by atoms with Gasteiger partial charge in [0.25, 0.3) is 0 Å². The fourth-order valence-electron chi connectivity index (χ4n) is 5.40. The number of carbonyl (C=O) groups is 1. The lowest BCUT2D eigenvalue weighted by Gasteiger charge is -2.23. The fraction of sp³-hybridized carbons (Fsp3) is 0.656. The van der Waals surface area contributed by atoms with E-state index in [1.54, 1.807) is 0 Å². The number of ether oxygens (including phenoxy) is 1. The molecule has 0 radical (unpaired) electrons. The van der Waals surface area contributed by atoms with Crippen molar-refractivity contribution in [3.63, 3.8) is 0 Å². The smallest absolute Gasteiger partial charge is 0.309 e. The van der Waals surface area contributed by atoms with Crippen LogP contribution in [-0.2, 0) is 4.74 Å². The van der Waals surface area contributed by atoms with E-state index in [1.807, 2.05) is 6.07 Å². The SMILES string of the molecule is C=[C+]c1c(C(=O)NCCOCC2CC2)ccc2/c1=C\CC(CCCC(CC)CCCC)C(C)C/C=2. The van der Waals surface area contributed by atoms with E-state index >= 15 is 0 Å². The van der Waals surface area contributed by atoms with Crippen molar-refractivity contribution in [1.82, 2.24) is 5.32 Å². The standard InChI is InChI=1S/C32H47NO2/c1-5-8-10-25(6-2)11-9-12-27-17-19-30-28(16-13-24(27)4)18-20-31(29(30)7-3)32(34)33-21-22-35-23-26-14-15-26/h16,18-20,24-27H,3,5-6,8-15,17,21-23H2,1-2,4H3/p+1/b28-16+,30-19+. The van der Waals surface area contributed by atoms with Crippen LogP contribution in [0.25, 0.3) is 12.2 Å². The van der Waals surface area contributed by atoms with Gasteiger partial charge in [-0.1, -0.05) is 65.4 Å². The minimum Gasteiger partial charge on any atom is -0.379 e. The van der Waals surface area contributed by atoms with Gasteiger partial charge in [0.05, 0.1) is 11.8 Å². The molecule has 3 nitrogen and oxygen atoms in total. The van der Waals surface area contributed by atoms with E-state index in [9.17, 15) is 4.79 Å². The van der Waals surface area contributed by atoms with E-state index in [2.05, 4.69) is 57.0 Å². The van der Waals surface area contributed by atoms with Crippen molar-refractivity contribution >= 4 is 18.1 Å². The number of unbranched alkanes of at least 4 members (excludes halogenated alkanes) is 1. The number of nitrogens with one attached hydrogen (secondary N) is 1. The van der Waals surface area contributed by atoms with Crippen LogP contribution in [0, 0.1) is 29.7 Å². The summed E-state index contributed by atoms with van der Waals surface area (Å²) in [6.45, 7) is 12.9. The van der Waals surface area contributed by atoms with Crippen LogP contribution < -0.4 is 15.8 Å². The van der Waals surface area contributed by atoms with E-state index in [0.29, 0.717) is 30.6 Å². The number of rotatable bonds is 15. The lowest BCUT2D eigenvalue weighted by Crippen LogP contribution is -2.35. The zero-order valence-corrected chi connectivity index (χ0v) is 22.5. The van der Waals surface area contributed by atoms with E-state index in [1.165, 1.54) is 63.0 Å². The molecule has 1 fully saturated rings. The highest BCUT2D eigenvalue weighted by Crippen LogP contribution is 2.29. The first-order valence-electron chi connectivity index (χ1n) is 14.3. The van der Waals surface area contributed by atoms with Crippen LogP contribution in [0.1, 0.15) is 107 Å². The Hall–Kier alpha value is -1.96. The van der Waals surface area contributed by atoms with Crippen LogP contribution >= 0.6 is 0 Å². The number of hydrogen-bond acceptors (Lipinski definition) is 2. The van der Waals surface area contributed by atoms with Crippen LogP contribution in [0.4, 0.5) is 0 Å². The molecule has 0 saturated heterocycles. The van der Waals surface area contributed by atoms with Gasteiger partial charge < -0.3 is 10.1 Å². The molecule has 2 aliphatic carbocycles. The van der Waals surface area contributed by atoms with Crippen molar-refractivity contribution in [3.8, 4) is 0 Å². The van der Waals surface area contributed by atoms with Gasteiger partial charge in [0.1, 0.15) is 0 Å². The van der Waals surface area contributed by atoms with E-state index in [4.69, 9.17) is 4.74 Å². The highest BCUT2D eigenvalue weighted by atomic mass is 16.5. The molecular weight excluding hydrogens is 430 g/mol. The topological polar surface area (TPSA) is 38.3 Å². The van der Waals surface area contributed by atoms with Gasteiger partial charge in [-0.2, -0.15) is 0 Å². The highest BCUT2D eigenvalue weighted by molar-refractivity contribution is 5.96. The van der Waals surface area contributed by atoms with Gasteiger partial charge in [-0.05, 0) is 67.9 Å². The molecule has 3 rings (SSSR count). The summed E-state index contributed by atoms with van der Waals surface area (Å²) < 4.78 is 5.66. The van der Waals surface area contributed by atoms with E-state index < -0.39 is 0 Å². The first kappa shape index (κ1) is 27.6. The first-order valence-corrected chi connectivity index (χ1v) is 14.3. The molecule has 3 atom stereocenters. The molecule has 0 aliphatic heterocycles. The van der Waals surface area contributed by atoms with Gasteiger partial charge in [-0.15, -0.1) is 0 Å². The van der Waals surface area contributed by atoms with Gasteiger partial charge in [0, 0.05) is 37.1 Å². The van der Waals surface area contributed by atoms with Crippen LogP contribution in [0.15, 0.2) is 18.7 Å². The summed E-state index contributed by atoms with van der Waals surface area (Å²) in [4.78, 5) is 12.9. The number of amides is 1. The summed E-state index contributed by atoms with van der Waals surface area (Å²) in [5, 5.41) is 5.35. The normalized spacial score (nSPS) is 22.4. The Kier molecular flexibility index (Phi) is 11.5. The molecule has 1 aromatic rings. The zero-order valence-electron chi connectivity index (χ0n) is 22.5. The lowest BCUT2D eigenvalue weighted by molar-refractivity contribution is 0.0906. The van der Waals surface area contributed by atoms with Gasteiger partial charge in [-0.25, -0.2) is 0 Å². The number of hydrogen-bond donors (Lipinski definition) is 1.